The number of nitro groups is 1. The van der Waals surface area contributed by atoms with Crippen LogP contribution >= 0.6 is 0 Å². The van der Waals surface area contributed by atoms with Crippen molar-refractivity contribution < 1.29 is 9.66 Å². The summed E-state index contributed by atoms with van der Waals surface area (Å²) in [6.45, 7) is 5.16. The van der Waals surface area contributed by atoms with Gasteiger partial charge in [0.25, 0.3) is 5.69 Å². The van der Waals surface area contributed by atoms with Crippen LogP contribution in [0.2, 0.25) is 0 Å². The Bertz CT molecular complexity index is 1070. The minimum Gasteiger partial charge on any atom is -0.480 e. The fourth-order valence-corrected chi connectivity index (χ4v) is 3.44. The van der Waals surface area contributed by atoms with E-state index in [4.69, 9.17) is 9.72 Å². The van der Waals surface area contributed by atoms with Crippen molar-refractivity contribution in [1.29, 1.82) is 0 Å². The number of methoxy groups -OCH3 is 1. The van der Waals surface area contributed by atoms with Gasteiger partial charge < -0.3 is 14.5 Å². The molecule has 0 spiro atoms. The predicted octanol–water partition coefficient (Wildman–Crippen LogP) is 2.74. The number of ether oxygens (including phenoxy) is 1. The fourth-order valence-electron chi connectivity index (χ4n) is 3.44. The van der Waals surface area contributed by atoms with Gasteiger partial charge in [0.15, 0.2) is 11.6 Å². The lowest BCUT2D eigenvalue weighted by atomic mass is 10.2. The van der Waals surface area contributed by atoms with Gasteiger partial charge in [0.2, 0.25) is 5.88 Å². The van der Waals surface area contributed by atoms with Crippen molar-refractivity contribution in [1.82, 2.24) is 19.9 Å². The van der Waals surface area contributed by atoms with Crippen molar-refractivity contribution in [3.05, 3.63) is 58.5 Å². The molecule has 4 rings (SSSR count). The number of hydrogen-bond acceptors (Lipinski definition) is 9. The second kappa shape index (κ2) is 8.90. The highest BCUT2D eigenvalue weighted by Crippen LogP contribution is 2.24. The number of aromatic nitrogens is 4. The molecule has 0 atom stereocenters. The van der Waals surface area contributed by atoms with Gasteiger partial charge in [-0.2, -0.15) is 4.98 Å². The Morgan fingerprint density at radius 3 is 2.29 bits per heavy atom. The van der Waals surface area contributed by atoms with Crippen molar-refractivity contribution in [2.24, 2.45) is 0 Å². The molecule has 1 saturated heterocycles. The molecule has 0 radical (unpaired) electrons. The van der Waals surface area contributed by atoms with E-state index in [0.717, 1.165) is 55.5 Å². The number of piperazine rings is 1. The van der Waals surface area contributed by atoms with Gasteiger partial charge in [0.1, 0.15) is 5.82 Å². The summed E-state index contributed by atoms with van der Waals surface area (Å²) in [6.07, 6.45) is 4.10. The molecule has 3 aromatic rings. The highest BCUT2D eigenvalue weighted by Gasteiger charge is 2.21. The predicted molar refractivity (Wildman–Crippen MR) is 117 cm³/mol. The van der Waals surface area contributed by atoms with E-state index in [1.54, 1.807) is 31.6 Å². The average Bonchev–Trinajstić information content (AvgIpc) is 2.84. The van der Waals surface area contributed by atoms with Gasteiger partial charge in [-0.1, -0.05) is 6.92 Å². The Hall–Kier alpha value is -3.82. The second-order valence-corrected chi connectivity index (χ2v) is 7.09. The van der Waals surface area contributed by atoms with Crippen LogP contribution in [-0.4, -0.2) is 58.1 Å². The van der Waals surface area contributed by atoms with Crippen LogP contribution in [-0.2, 0) is 6.42 Å². The van der Waals surface area contributed by atoms with Gasteiger partial charge in [0.05, 0.1) is 24.4 Å². The van der Waals surface area contributed by atoms with E-state index in [9.17, 15) is 10.1 Å². The van der Waals surface area contributed by atoms with Gasteiger partial charge in [-0.05, 0) is 18.6 Å². The molecule has 0 aliphatic carbocycles. The summed E-state index contributed by atoms with van der Waals surface area (Å²) >= 11 is 0. The van der Waals surface area contributed by atoms with Crippen molar-refractivity contribution in [2.45, 2.75) is 13.3 Å². The minimum absolute atomic E-state index is 0.0485. The van der Waals surface area contributed by atoms with E-state index in [0.29, 0.717) is 11.7 Å². The molecular weight excluding hydrogens is 398 g/mol. The normalized spacial score (nSPS) is 13.9. The zero-order chi connectivity index (χ0) is 21.8. The number of aryl methyl sites for hydroxylation is 1. The average molecular weight is 421 g/mol. The van der Waals surface area contributed by atoms with Gasteiger partial charge in [-0.3, -0.25) is 15.1 Å². The van der Waals surface area contributed by atoms with Crippen molar-refractivity contribution in [3.8, 4) is 17.3 Å². The summed E-state index contributed by atoms with van der Waals surface area (Å²) < 4.78 is 5.17. The van der Waals surface area contributed by atoms with Crippen LogP contribution in [0, 0.1) is 10.1 Å². The summed E-state index contributed by atoms with van der Waals surface area (Å²) in [7, 11) is 1.58. The fraction of sp³-hybridized carbons (Fsp3) is 0.333. The van der Waals surface area contributed by atoms with E-state index in [-0.39, 0.29) is 5.69 Å². The van der Waals surface area contributed by atoms with Crippen LogP contribution in [0.15, 0.2) is 42.7 Å². The zero-order valence-electron chi connectivity index (χ0n) is 17.4. The quantitative estimate of drug-likeness (QED) is 0.438. The van der Waals surface area contributed by atoms with Gasteiger partial charge in [-0.15, -0.1) is 0 Å². The largest absolute Gasteiger partial charge is 0.480 e. The number of nitrogens with zero attached hydrogens (tertiary/aromatic N) is 7. The van der Waals surface area contributed by atoms with Crippen LogP contribution in [0.25, 0.3) is 11.4 Å². The maximum absolute atomic E-state index is 10.9. The van der Waals surface area contributed by atoms with Crippen molar-refractivity contribution in [3.63, 3.8) is 0 Å². The Balaban J connectivity index is 1.53. The summed E-state index contributed by atoms with van der Waals surface area (Å²) in [6, 6.07) is 8.35. The molecule has 10 heteroatoms. The third-order valence-corrected chi connectivity index (χ3v) is 5.20. The molecular formula is C21H23N7O3. The Kier molecular flexibility index (Phi) is 5.87. The highest BCUT2D eigenvalue weighted by molar-refractivity contribution is 5.60. The first-order valence-corrected chi connectivity index (χ1v) is 10.1. The molecule has 1 aliphatic heterocycles. The summed E-state index contributed by atoms with van der Waals surface area (Å²) in [5, 5.41) is 10.9. The smallest absolute Gasteiger partial charge is 0.269 e. The molecule has 0 saturated carbocycles. The third-order valence-electron chi connectivity index (χ3n) is 5.20. The topological polar surface area (TPSA) is 110 Å². The Labute approximate surface area is 179 Å². The van der Waals surface area contributed by atoms with Crippen molar-refractivity contribution >= 4 is 17.3 Å². The molecule has 0 amide bonds. The number of hydrogen-bond donors (Lipinski definition) is 0. The first-order chi connectivity index (χ1) is 15.1. The number of benzene rings is 1. The van der Waals surface area contributed by atoms with Gasteiger partial charge in [-0.25, -0.2) is 9.97 Å². The molecule has 1 aliphatic rings. The van der Waals surface area contributed by atoms with Crippen molar-refractivity contribution in [2.75, 3.05) is 43.1 Å². The van der Waals surface area contributed by atoms with E-state index >= 15 is 0 Å². The standard InChI is InChI=1S/C21H23N7O3/c1-3-16-12-18(25-21(23-16)15-4-6-17(7-5-15)28(29)30)26-8-10-27(11-9-26)19-13-22-14-20(24-19)31-2/h4-7,12-14H,3,8-11H2,1-2H3. The number of anilines is 2. The van der Waals surface area contributed by atoms with E-state index in [1.165, 1.54) is 12.1 Å². The molecule has 1 fully saturated rings. The first-order valence-electron chi connectivity index (χ1n) is 10.1. The molecule has 0 unspecified atom stereocenters. The van der Waals surface area contributed by atoms with Crippen LogP contribution in [0.5, 0.6) is 5.88 Å². The highest BCUT2D eigenvalue weighted by atomic mass is 16.6. The lowest BCUT2D eigenvalue weighted by molar-refractivity contribution is -0.384. The van der Waals surface area contributed by atoms with Crippen LogP contribution in [0.4, 0.5) is 17.3 Å². The monoisotopic (exact) mass is 421 g/mol. The minimum atomic E-state index is -0.412. The second-order valence-electron chi connectivity index (χ2n) is 7.09. The van der Waals surface area contributed by atoms with E-state index < -0.39 is 4.92 Å². The van der Waals surface area contributed by atoms with Gasteiger partial charge >= 0.3 is 0 Å². The van der Waals surface area contributed by atoms with Crippen LogP contribution in [0.3, 0.4) is 0 Å². The Morgan fingerprint density at radius 2 is 1.68 bits per heavy atom. The van der Waals surface area contributed by atoms with Crippen LogP contribution < -0.4 is 14.5 Å². The number of rotatable bonds is 6. The molecule has 160 valence electrons. The van der Waals surface area contributed by atoms with E-state index in [2.05, 4.69) is 24.8 Å². The summed E-state index contributed by atoms with van der Waals surface area (Å²) in [5.41, 5.74) is 1.74. The van der Waals surface area contributed by atoms with Crippen LogP contribution in [0.1, 0.15) is 12.6 Å². The van der Waals surface area contributed by atoms with Gasteiger partial charge in [0, 0.05) is 55.6 Å². The SMILES string of the molecule is CCc1cc(N2CCN(c3cncc(OC)n3)CC2)nc(-c2ccc([N+](=O)[O-])cc2)n1. The summed E-state index contributed by atoms with van der Waals surface area (Å²) in [5.74, 6) is 2.72. The molecule has 0 bridgehead atoms. The number of non-ortho nitro benzene ring substituents is 1. The lowest BCUT2D eigenvalue weighted by Crippen LogP contribution is -2.47. The molecule has 3 heterocycles. The first kappa shape index (κ1) is 20.5. The molecule has 1 aromatic carbocycles. The molecule has 0 N–H and O–H groups in total. The van der Waals surface area contributed by atoms with E-state index in [1.807, 2.05) is 13.0 Å². The maximum Gasteiger partial charge on any atom is 0.269 e. The zero-order valence-corrected chi connectivity index (χ0v) is 17.4. The maximum atomic E-state index is 10.9. The Morgan fingerprint density at radius 1 is 1.00 bits per heavy atom. The molecule has 31 heavy (non-hydrogen) atoms. The lowest BCUT2D eigenvalue weighted by Gasteiger charge is -2.36. The molecule has 2 aromatic heterocycles. The molecule has 10 nitrogen and oxygen atoms in total. The number of nitro benzene ring substituents is 1. The third kappa shape index (κ3) is 4.52. The summed E-state index contributed by atoms with van der Waals surface area (Å²) in [4.78, 5) is 32.9.